The zero-order valence-corrected chi connectivity index (χ0v) is 31.9. The first-order valence-corrected chi connectivity index (χ1v) is 20.0. The molecule has 2 aliphatic carbocycles. The smallest absolute Gasteiger partial charge is 0.333 e. The molecule has 1 saturated heterocycles. The largest absolute Gasteiger partial charge is 0.466 e. The lowest BCUT2D eigenvalue weighted by Crippen LogP contribution is -2.52. The second kappa shape index (κ2) is 15.5. The molecule has 0 unspecified atom stereocenters. The van der Waals surface area contributed by atoms with Gasteiger partial charge >= 0.3 is 17.9 Å². The molecule has 5 atom stereocenters. The molecular formula is C38H62O8Si. The van der Waals surface area contributed by atoms with Gasteiger partial charge < -0.3 is 23.7 Å². The number of hydrogen-bond acceptors (Lipinski definition) is 8. The number of carbonyl (C=O) groups excluding carboxylic acids is 3. The minimum absolute atomic E-state index is 0.0572. The van der Waals surface area contributed by atoms with Crippen molar-refractivity contribution in [2.75, 3.05) is 20.3 Å². The van der Waals surface area contributed by atoms with Crippen LogP contribution in [0.2, 0.25) is 16.6 Å². The topological polar surface area (TPSA) is 108 Å². The third-order valence-corrected chi connectivity index (χ3v) is 17.1. The summed E-state index contributed by atoms with van der Waals surface area (Å²) >= 11 is 0. The summed E-state index contributed by atoms with van der Waals surface area (Å²) < 4.78 is 24.0. The Morgan fingerprint density at radius 2 is 1.70 bits per heavy atom. The van der Waals surface area contributed by atoms with E-state index in [9.17, 15) is 19.5 Å². The lowest BCUT2D eigenvalue weighted by molar-refractivity contribution is -0.206. The predicted molar refractivity (Wildman–Crippen MR) is 187 cm³/mol. The molecule has 0 radical (unpaired) electrons. The van der Waals surface area contributed by atoms with Crippen LogP contribution in [0, 0.1) is 28.6 Å². The van der Waals surface area contributed by atoms with Crippen LogP contribution in [-0.2, 0) is 33.0 Å². The molecule has 1 aliphatic heterocycles. The van der Waals surface area contributed by atoms with Crippen molar-refractivity contribution in [1.82, 2.24) is 0 Å². The van der Waals surface area contributed by atoms with E-state index in [0.29, 0.717) is 40.8 Å². The van der Waals surface area contributed by atoms with E-state index in [0.717, 1.165) is 32.1 Å². The maximum absolute atomic E-state index is 13.8. The summed E-state index contributed by atoms with van der Waals surface area (Å²) in [5.74, 6) is -4.85. The van der Waals surface area contributed by atoms with Gasteiger partial charge in [0, 0.05) is 17.8 Å². The van der Waals surface area contributed by atoms with E-state index < -0.39 is 48.8 Å². The Bertz CT molecular complexity index is 1200. The SMILES string of the molecule is C/C=C/CCCCC[C@@H]1C=C2[C@]3(COC(=O)C(C)(C)C)CC=C(C(=O)OC)[C@H]([C@H]1CCO[Si](C(C)C)(C(C)C)C(C)C)[C@@]2(O)OC3=O. The third kappa shape index (κ3) is 7.67. The highest BCUT2D eigenvalue weighted by atomic mass is 28.4. The van der Waals surface area contributed by atoms with E-state index in [1.54, 1.807) is 26.8 Å². The third-order valence-electron chi connectivity index (χ3n) is 11.0. The van der Waals surface area contributed by atoms with Crippen LogP contribution in [-0.4, -0.2) is 57.4 Å². The summed E-state index contributed by atoms with van der Waals surface area (Å²) in [6.07, 6.45) is 13.5. The summed E-state index contributed by atoms with van der Waals surface area (Å²) in [7, 11) is -0.855. The van der Waals surface area contributed by atoms with Gasteiger partial charge in [-0.2, -0.15) is 0 Å². The van der Waals surface area contributed by atoms with Gasteiger partial charge in [0.1, 0.15) is 12.0 Å². The number of allylic oxidation sites excluding steroid dienone is 4. The van der Waals surface area contributed by atoms with E-state index >= 15 is 0 Å². The van der Waals surface area contributed by atoms with Crippen molar-refractivity contribution in [2.24, 2.45) is 28.6 Å². The van der Waals surface area contributed by atoms with Gasteiger partial charge in [0.25, 0.3) is 0 Å². The van der Waals surface area contributed by atoms with Crippen LogP contribution in [0.15, 0.2) is 35.5 Å². The molecule has 0 aromatic heterocycles. The van der Waals surface area contributed by atoms with Gasteiger partial charge in [0.2, 0.25) is 5.79 Å². The van der Waals surface area contributed by atoms with Gasteiger partial charge in [-0.3, -0.25) is 9.59 Å². The van der Waals surface area contributed by atoms with Gasteiger partial charge in [-0.15, -0.1) is 0 Å². The van der Waals surface area contributed by atoms with Crippen LogP contribution in [0.4, 0.5) is 0 Å². The minimum atomic E-state index is -2.19. The highest BCUT2D eigenvalue weighted by Gasteiger charge is 2.69. The molecule has 0 aromatic rings. The number of esters is 3. The highest BCUT2D eigenvalue weighted by molar-refractivity contribution is 6.77. The fourth-order valence-electron chi connectivity index (χ4n) is 8.64. The van der Waals surface area contributed by atoms with Crippen molar-refractivity contribution in [3.63, 3.8) is 0 Å². The molecule has 0 saturated carbocycles. The van der Waals surface area contributed by atoms with E-state index in [1.165, 1.54) is 7.11 Å². The summed E-state index contributed by atoms with van der Waals surface area (Å²) in [5.41, 5.74) is -0.264. The van der Waals surface area contributed by atoms with Crippen molar-refractivity contribution in [2.45, 2.75) is 137 Å². The quantitative estimate of drug-likeness (QED) is 0.0574. The van der Waals surface area contributed by atoms with Crippen LogP contribution in [0.5, 0.6) is 0 Å². The second-order valence-corrected chi connectivity index (χ2v) is 21.4. The molecule has 3 rings (SSSR count). The summed E-state index contributed by atoms with van der Waals surface area (Å²) in [4.78, 5) is 40.2. The number of aliphatic hydroxyl groups is 1. The van der Waals surface area contributed by atoms with E-state index in [1.807, 2.05) is 13.0 Å². The normalized spacial score (nSPS) is 27.6. The number of methoxy groups -OCH3 is 1. The fraction of sp³-hybridized carbons (Fsp3) is 0.763. The molecule has 1 fully saturated rings. The Kier molecular flexibility index (Phi) is 13.0. The minimum Gasteiger partial charge on any atom is -0.466 e. The van der Waals surface area contributed by atoms with Crippen LogP contribution in [0.3, 0.4) is 0 Å². The Hall–Kier alpha value is -2.23. The Morgan fingerprint density at radius 1 is 1.06 bits per heavy atom. The maximum atomic E-state index is 13.8. The number of hydrogen-bond donors (Lipinski definition) is 1. The Morgan fingerprint density at radius 3 is 2.26 bits per heavy atom. The molecule has 266 valence electrons. The first-order chi connectivity index (χ1) is 21.9. The zero-order chi connectivity index (χ0) is 35.4. The molecule has 0 amide bonds. The van der Waals surface area contributed by atoms with Gasteiger partial charge in [-0.05, 0) is 88.3 Å². The van der Waals surface area contributed by atoms with Crippen LogP contribution < -0.4 is 0 Å². The number of carbonyl (C=O) groups is 3. The molecule has 9 heteroatoms. The fourth-order valence-corrected chi connectivity index (χ4v) is 14.1. The Balaban J connectivity index is 2.11. The molecule has 1 N–H and O–H groups in total. The van der Waals surface area contributed by atoms with E-state index in [2.05, 4.69) is 53.7 Å². The lowest BCUT2D eigenvalue weighted by Gasteiger charge is -2.46. The van der Waals surface area contributed by atoms with Crippen molar-refractivity contribution < 1.29 is 38.1 Å². The zero-order valence-electron chi connectivity index (χ0n) is 30.9. The Labute approximate surface area is 284 Å². The molecule has 47 heavy (non-hydrogen) atoms. The first kappa shape index (κ1) is 39.2. The molecule has 8 nitrogen and oxygen atoms in total. The van der Waals surface area contributed by atoms with Crippen LogP contribution >= 0.6 is 0 Å². The van der Waals surface area contributed by atoms with Gasteiger partial charge in [0.05, 0.1) is 18.4 Å². The monoisotopic (exact) mass is 674 g/mol. The van der Waals surface area contributed by atoms with Crippen LogP contribution in [0.1, 0.15) is 114 Å². The molecule has 0 spiro atoms. The molecule has 3 aliphatic rings. The van der Waals surface area contributed by atoms with E-state index in [-0.39, 0.29) is 24.9 Å². The molecule has 4 bridgehead atoms. The lowest BCUT2D eigenvalue weighted by atomic mass is 9.62. The summed E-state index contributed by atoms with van der Waals surface area (Å²) in [6, 6.07) is 0. The highest BCUT2D eigenvalue weighted by Crippen LogP contribution is 2.61. The summed E-state index contributed by atoms with van der Waals surface area (Å²) in [6.45, 7) is 21.0. The average molecular weight is 675 g/mol. The number of unbranched alkanes of at least 4 members (excludes halogenated alkanes) is 3. The average Bonchev–Trinajstić information content (AvgIpc) is 3.17. The van der Waals surface area contributed by atoms with Gasteiger partial charge in [-0.25, -0.2) is 4.79 Å². The predicted octanol–water partition coefficient (Wildman–Crippen LogP) is 8.21. The standard InChI is InChI=1S/C38H62O8Si/c1-12-13-14-15-16-17-18-28-23-31-37(24-44-34(40)36(8,9)10)21-19-30(33(39)43-11)32(38(31,42)46-35(37)41)29(28)20-22-45-47(25(2)3,26(4)5)27(6)7/h12-13,19,23,25-29,32,42H,14-18,20-22,24H2,1-11H3/b13-12+/t28-,29+,32+,37-,38+/m1/s1. The van der Waals surface area contributed by atoms with Crippen molar-refractivity contribution >= 4 is 26.2 Å². The first-order valence-electron chi connectivity index (χ1n) is 17.8. The number of ether oxygens (including phenoxy) is 3. The molecule has 0 aromatic carbocycles. The van der Waals surface area contributed by atoms with Gasteiger partial charge in [-0.1, -0.05) is 78.7 Å². The van der Waals surface area contributed by atoms with E-state index in [4.69, 9.17) is 18.6 Å². The number of rotatable bonds is 16. The second-order valence-electron chi connectivity index (χ2n) is 15.9. The molecule has 1 heterocycles. The molecular weight excluding hydrogens is 612 g/mol. The van der Waals surface area contributed by atoms with Crippen molar-refractivity contribution in [1.29, 1.82) is 0 Å². The summed E-state index contributed by atoms with van der Waals surface area (Å²) in [5, 5.41) is 12.5. The maximum Gasteiger partial charge on any atom is 0.333 e. The van der Waals surface area contributed by atoms with Crippen LogP contribution in [0.25, 0.3) is 0 Å². The van der Waals surface area contributed by atoms with Crippen molar-refractivity contribution in [3.05, 3.63) is 35.5 Å². The van der Waals surface area contributed by atoms with Crippen molar-refractivity contribution in [3.8, 4) is 0 Å². The van der Waals surface area contributed by atoms with Gasteiger partial charge in [0.15, 0.2) is 8.32 Å².